The minimum Gasteiger partial charge on any atom is -0.481 e. The molecule has 2 aliphatic carbocycles. The minimum absolute atomic E-state index is 0.0453. The van der Waals surface area contributed by atoms with E-state index in [0.717, 1.165) is 0 Å². The monoisotopic (exact) mass is 153 g/mol. The van der Waals surface area contributed by atoms with Crippen LogP contribution in [0.15, 0.2) is 5.11 Å². The van der Waals surface area contributed by atoms with Gasteiger partial charge in [-0.2, -0.15) is 0 Å². The van der Waals surface area contributed by atoms with E-state index in [9.17, 15) is 4.79 Å². The summed E-state index contributed by atoms with van der Waals surface area (Å²) in [6.07, 6.45) is 1.24. The van der Waals surface area contributed by atoms with E-state index in [2.05, 4.69) is 10.0 Å². The second-order valence-corrected chi connectivity index (χ2v) is 3.25. The van der Waals surface area contributed by atoms with Crippen LogP contribution < -0.4 is 0 Å². The van der Waals surface area contributed by atoms with Crippen LogP contribution in [0.5, 0.6) is 0 Å². The Morgan fingerprint density at radius 1 is 1.73 bits per heavy atom. The summed E-state index contributed by atoms with van der Waals surface area (Å²) in [6, 6.07) is -0.0453. The maximum atomic E-state index is 10.6. The van der Waals surface area contributed by atoms with Crippen LogP contribution in [0.2, 0.25) is 0 Å². The van der Waals surface area contributed by atoms with Crippen LogP contribution in [0, 0.1) is 11.3 Å². The largest absolute Gasteiger partial charge is 0.481 e. The standard InChI is InChI=1S/C6H7N3O2/c7-9-8-4-2-6(5(10)11)1-3(4)6/h3-4H,1-2H2,(H,10,11)/t3-,4+,6-/m0/s1. The van der Waals surface area contributed by atoms with E-state index in [1.165, 1.54) is 0 Å². The van der Waals surface area contributed by atoms with Crippen molar-refractivity contribution >= 4 is 5.97 Å². The average molecular weight is 153 g/mol. The number of carbonyl (C=O) groups is 1. The predicted molar refractivity (Wildman–Crippen MR) is 35.7 cm³/mol. The highest BCUT2D eigenvalue weighted by Crippen LogP contribution is 2.68. The zero-order valence-electron chi connectivity index (χ0n) is 5.77. The van der Waals surface area contributed by atoms with Crippen LogP contribution in [0.4, 0.5) is 0 Å². The van der Waals surface area contributed by atoms with Crippen molar-refractivity contribution in [3.8, 4) is 0 Å². The first-order chi connectivity index (χ1) is 5.20. The van der Waals surface area contributed by atoms with Gasteiger partial charge >= 0.3 is 5.97 Å². The van der Waals surface area contributed by atoms with Crippen LogP contribution in [0.25, 0.3) is 10.4 Å². The molecule has 0 aromatic carbocycles. The first kappa shape index (κ1) is 6.49. The second-order valence-electron chi connectivity index (χ2n) is 3.25. The highest BCUT2D eigenvalue weighted by atomic mass is 16.4. The van der Waals surface area contributed by atoms with Gasteiger partial charge in [-0.3, -0.25) is 4.79 Å². The van der Waals surface area contributed by atoms with Crippen molar-refractivity contribution in [2.75, 3.05) is 0 Å². The zero-order valence-corrected chi connectivity index (χ0v) is 5.77. The molecule has 2 rings (SSSR count). The normalized spacial score (nSPS) is 44.7. The number of hydrogen-bond donors (Lipinski definition) is 1. The molecule has 0 spiro atoms. The molecule has 3 atom stereocenters. The van der Waals surface area contributed by atoms with Gasteiger partial charge in [0.25, 0.3) is 0 Å². The SMILES string of the molecule is [N-]=[N+]=N[C@@H]1C[C@@]2(C(=O)O)C[C@@H]12. The summed E-state index contributed by atoms with van der Waals surface area (Å²) in [7, 11) is 0. The summed E-state index contributed by atoms with van der Waals surface area (Å²) in [5.74, 6) is -0.595. The topological polar surface area (TPSA) is 86.1 Å². The molecule has 2 saturated carbocycles. The van der Waals surface area contributed by atoms with Crippen molar-refractivity contribution in [1.82, 2.24) is 0 Å². The Hall–Kier alpha value is -1.22. The third-order valence-corrected chi connectivity index (χ3v) is 2.80. The predicted octanol–water partition coefficient (Wildman–Crippen LogP) is 1.16. The van der Waals surface area contributed by atoms with E-state index in [4.69, 9.17) is 10.6 Å². The fourth-order valence-corrected chi connectivity index (χ4v) is 1.95. The van der Waals surface area contributed by atoms with Crippen molar-refractivity contribution in [2.45, 2.75) is 18.9 Å². The fourth-order valence-electron chi connectivity index (χ4n) is 1.95. The lowest BCUT2D eigenvalue weighted by Crippen LogP contribution is -2.35. The van der Waals surface area contributed by atoms with Gasteiger partial charge < -0.3 is 5.11 Å². The highest BCUT2D eigenvalue weighted by Gasteiger charge is 2.71. The lowest BCUT2D eigenvalue weighted by atomic mass is 9.80. The Kier molecular flexibility index (Phi) is 0.991. The van der Waals surface area contributed by atoms with E-state index in [-0.39, 0.29) is 12.0 Å². The molecule has 1 N–H and O–H groups in total. The average Bonchev–Trinajstić information content (AvgIpc) is 2.52. The number of azide groups is 1. The molecule has 0 aromatic rings. The number of fused-ring (bicyclic) bond motifs is 1. The van der Waals surface area contributed by atoms with E-state index in [0.29, 0.717) is 12.8 Å². The maximum absolute atomic E-state index is 10.6. The minimum atomic E-state index is -0.730. The molecule has 0 radical (unpaired) electrons. The van der Waals surface area contributed by atoms with Gasteiger partial charge in [0.1, 0.15) is 0 Å². The van der Waals surface area contributed by atoms with Crippen LogP contribution >= 0.6 is 0 Å². The van der Waals surface area contributed by atoms with Gasteiger partial charge in [0.05, 0.1) is 5.41 Å². The van der Waals surface area contributed by atoms with Gasteiger partial charge in [0.2, 0.25) is 0 Å². The molecule has 5 nitrogen and oxygen atoms in total. The van der Waals surface area contributed by atoms with Crippen molar-refractivity contribution in [3.05, 3.63) is 10.4 Å². The Bertz CT molecular complexity index is 271. The highest BCUT2D eigenvalue weighted by molar-refractivity contribution is 5.81. The third kappa shape index (κ3) is 0.607. The Labute approximate surface area is 62.6 Å². The van der Waals surface area contributed by atoms with Crippen LogP contribution in [-0.4, -0.2) is 17.1 Å². The lowest BCUT2D eigenvalue weighted by Gasteiger charge is -2.27. The third-order valence-electron chi connectivity index (χ3n) is 2.80. The molecule has 0 bridgehead atoms. The molecular formula is C6H7N3O2. The molecule has 0 aliphatic heterocycles. The molecule has 2 aliphatic rings. The van der Waals surface area contributed by atoms with E-state index < -0.39 is 11.4 Å². The number of carboxylic acids is 1. The summed E-state index contributed by atoms with van der Waals surface area (Å²) in [5.41, 5.74) is 7.58. The Morgan fingerprint density at radius 3 is 2.82 bits per heavy atom. The maximum Gasteiger partial charge on any atom is 0.309 e. The molecule has 0 saturated heterocycles. The van der Waals surface area contributed by atoms with Gasteiger partial charge in [0, 0.05) is 11.0 Å². The number of carboxylic acid groups (broad SMARTS) is 1. The molecule has 58 valence electrons. The second kappa shape index (κ2) is 1.68. The van der Waals surface area contributed by atoms with Gasteiger partial charge in [0.15, 0.2) is 0 Å². The zero-order chi connectivity index (χ0) is 8.06. The van der Waals surface area contributed by atoms with Gasteiger partial charge in [-0.1, -0.05) is 5.11 Å². The lowest BCUT2D eigenvalue weighted by molar-refractivity contribution is -0.147. The van der Waals surface area contributed by atoms with Crippen molar-refractivity contribution in [3.63, 3.8) is 0 Å². The van der Waals surface area contributed by atoms with Gasteiger partial charge in [-0.15, -0.1) is 0 Å². The van der Waals surface area contributed by atoms with E-state index in [1.54, 1.807) is 0 Å². The van der Waals surface area contributed by atoms with Crippen molar-refractivity contribution < 1.29 is 9.90 Å². The van der Waals surface area contributed by atoms with Crippen LogP contribution in [0.1, 0.15) is 12.8 Å². The molecule has 11 heavy (non-hydrogen) atoms. The fraction of sp³-hybridized carbons (Fsp3) is 0.833. The van der Waals surface area contributed by atoms with Crippen LogP contribution in [-0.2, 0) is 4.79 Å². The molecule has 0 unspecified atom stereocenters. The number of rotatable bonds is 2. The summed E-state index contributed by atoms with van der Waals surface area (Å²) in [4.78, 5) is 13.2. The number of aliphatic carboxylic acids is 1. The molecule has 2 fully saturated rings. The first-order valence-corrected chi connectivity index (χ1v) is 3.48. The molecular weight excluding hydrogens is 146 g/mol. The first-order valence-electron chi connectivity index (χ1n) is 3.48. The number of hydrogen-bond acceptors (Lipinski definition) is 2. The van der Waals surface area contributed by atoms with Crippen LogP contribution in [0.3, 0.4) is 0 Å². The summed E-state index contributed by atoms with van der Waals surface area (Å²) < 4.78 is 0. The molecule has 5 heteroatoms. The summed E-state index contributed by atoms with van der Waals surface area (Å²) in [5, 5.41) is 12.2. The summed E-state index contributed by atoms with van der Waals surface area (Å²) >= 11 is 0. The molecule has 0 amide bonds. The quantitative estimate of drug-likeness (QED) is 0.366. The molecule has 0 aromatic heterocycles. The van der Waals surface area contributed by atoms with E-state index in [1.807, 2.05) is 0 Å². The summed E-state index contributed by atoms with van der Waals surface area (Å²) in [6.45, 7) is 0. The smallest absolute Gasteiger partial charge is 0.309 e. The van der Waals surface area contributed by atoms with Crippen molar-refractivity contribution in [1.29, 1.82) is 0 Å². The Balaban J connectivity index is 2.05. The van der Waals surface area contributed by atoms with E-state index >= 15 is 0 Å². The number of nitrogens with zero attached hydrogens (tertiary/aromatic N) is 3. The Morgan fingerprint density at radius 2 is 2.45 bits per heavy atom. The van der Waals surface area contributed by atoms with Crippen molar-refractivity contribution in [2.24, 2.45) is 16.4 Å². The molecule has 0 heterocycles. The van der Waals surface area contributed by atoms with Gasteiger partial charge in [-0.25, -0.2) is 0 Å². The van der Waals surface area contributed by atoms with Gasteiger partial charge in [-0.05, 0) is 24.3 Å².